The Labute approximate surface area is 154 Å². The van der Waals surface area contributed by atoms with Crippen molar-refractivity contribution in [3.63, 3.8) is 0 Å². The minimum absolute atomic E-state index is 0.0485. The molecule has 1 aromatic carbocycles. The molecular formula is C21H26N2O3. The fourth-order valence-corrected chi connectivity index (χ4v) is 3.63. The van der Waals surface area contributed by atoms with Crippen molar-refractivity contribution in [3.8, 4) is 0 Å². The lowest BCUT2D eigenvalue weighted by Gasteiger charge is -2.38. The topological polar surface area (TPSA) is 51.5 Å². The number of aromatic nitrogens is 1. The Bertz CT molecular complexity index is 772. The zero-order valence-corrected chi connectivity index (χ0v) is 15.2. The van der Waals surface area contributed by atoms with Gasteiger partial charge in [-0.3, -0.25) is 9.59 Å². The third-order valence-corrected chi connectivity index (χ3v) is 5.16. The summed E-state index contributed by atoms with van der Waals surface area (Å²) < 4.78 is 7.27. The van der Waals surface area contributed by atoms with Crippen LogP contribution < -0.4 is 5.56 Å². The van der Waals surface area contributed by atoms with E-state index in [9.17, 15) is 9.59 Å². The Balaban J connectivity index is 1.55. The maximum atomic E-state index is 12.6. The number of pyridine rings is 1. The van der Waals surface area contributed by atoms with Gasteiger partial charge in [0.2, 0.25) is 5.91 Å². The molecule has 0 spiro atoms. The maximum Gasteiger partial charge on any atom is 0.250 e. The number of nitrogens with zero attached hydrogens (tertiary/aromatic N) is 2. The van der Waals surface area contributed by atoms with Gasteiger partial charge in [-0.2, -0.15) is 0 Å². The normalized spacial score (nSPS) is 20.1. The van der Waals surface area contributed by atoms with Crippen LogP contribution in [0, 0.1) is 5.92 Å². The van der Waals surface area contributed by atoms with Crippen LogP contribution >= 0.6 is 0 Å². The van der Waals surface area contributed by atoms with Gasteiger partial charge in [-0.15, -0.1) is 0 Å². The molecule has 1 fully saturated rings. The zero-order valence-electron chi connectivity index (χ0n) is 15.2. The number of rotatable bonds is 6. The molecule has 2 aromatic rings. The molecule has 1 saturated heterocycles. The molecule has 2 atom stereocenters. The van der Waals surface area contributed by atoms with Crippen molar-refractivity contribution in [1.82, 2.24) is 9.47 Å². The summed E-state index contributed by atoms with van der Waals surface area (Å²) in [4.78, 5) is 26.2. The third-order valence-electron chi connectivity index (χ3n) is 5.16. The van der Waals surface area contributed by atoms with Crippen molar-refractivity contribution in [2.45, 2.75) is 31.9 Å². The molecule has 138 valence electrons. The Kier molecular flexibility index (Phi) is 6.23. The molecule has 0 unspecified atom stereocenters. The summed E-state index contributed by atoms with van der Waals surface area (Å²) in [5.41, 5.74) is 1.24. The van der Waals surface area contributed by atoms with E-state index in [4.69, 9.17) is 4.74 Å². The molecule has 0 N–H and O–H groups in total. The molecule has 1 aliphatic heterocycles. The number of carbonyl (C=O) groups excluding carboxylic acids is 1. The smallest absolute Gasteiger partial charge is 0.250 e. The minimum atomic E-state index is -0.0726. The van der Waals surface area contributed by atoms with Crippen molar-refractivity contribution in [2.24, 2.45) is 5.92 Å². The minimum Gasteiger partial charge on any atom is -0.379 e. The van der Waals surface area contributed by atoms with E-state index in [1.165, 1.54) is 11.6 Å². The average Bonchev–Trinajstić information content (AvgIpc) is 2.68. The first-order valence-corrected chi connectivity index (χ1v) is 9.17. The molecule has 1 aliphatic rings. The van der Waals surface area contributed by atoms with Gasteiger partial charge in [0.15, 0.2) is 0 Å². The van der Waals surface area contributed by atoms with Gasteiger partial charge in [0.25, 0.3) is 5.56 Å². The van der Waals surface area contributed by atoms with Crippen LogP contribution in [0.3, 0.4) is 0 Å². The predicted octanol–water partition coefficient (Wildman–Crippen LogP) is 2.34. The number of amides is 1. The standard InChI is InChI=1S/C21H26N2O3/c1-26-19-16-23(13-10-18(19)15-17-7-3-2-4-8-17)21(25)11-14-22-12-6-5-9-20(22)24/h2-9,12,18-19H,10-11,13-16H2,1H3/t18-,19+/m1/s1. The zero-order chi connectivity index (χ0) is 18.4. The fraction of sp³-hybridized carbons (Fsp3) is 0.429. The van der Waals surface area contributed by atoms with Gasteiger partial charge in [0.1, 0.15) is 0 Å². The van der Waals surface area contributed by atoms with E-state index in [2.05, 4.69) is 24.3 Å². The van der Waals surface area contributed by atoms with E-state index in [0.29, 0.717) is 25.4 Å². The molecular weight excluding hydrogens is 328 g/mol. The first-order valence-electron chi connectivity index (χ1n) is 9.17. The molecule has 5 nitrogen and oxygen atoms in total. The molecule has 0 saturated carbocycles. The first kappa shape index (κ1) is 18.4. The van der Waals surface area contributed by atoms with Gasteiger partial charge in [-0.25, -0.2) is 0 Å². The van der Waals surface area contributed by atoms with Crippen LogP contribution in [0.2, 0.25) is 0 Å². The molecule has 3 rings (SSSR count). The van der Waals surface area contributed by atoms with E-state index in [1.807, 2.05) is 17.0 Å². The number of piperidine rings is 1. The maximum absolute atomic E-state index is 12.6. The van der Waals surface area contributed by atoms with Crippen LogP contribution in [0.4, 0.5) is 0 Å². The van der Waals surface area contributed by atoms with Gasteiger partial charge in [-0.05, 0) is 30.4 Å². The molecule has 1 amide bonds. The number of carbonyl (C=O) groups is 1. The van der Waals surface area contributed by atoms with Crippen molar-refractivity contribution in [1.29, 1.82) is 0 Å². The quantitative estimate of drug-likeness (QED) is 0.800. The van der Waals surface area contributed by atoms with Crippen LogP contribution in [0.15, 0.2) is 59.5 Å². The molecule has 26 heavy (non-hydrogen) atoms. The van der Waals surface area contributed by atoms with E-state index in [-0.39, 0.29) is 17.6 Å². The highest BCUT2D eigenvalue weighted by molar-refractivity contribution is 5.76. The van der Waals surface area contributed by atoms with E-state index < -0.39 is 0 Å². The number of ether oxygens (including phenoxy) is 1. The SMILES string of the molecule is CO[C@H]1CN(C(=O)CCn2ccccc2=O)CC[C@@H]1Cc1ccccc1. The van der Waals surface area contributed by atoms with Crippen LogP contribution in [-0.4, -0.2) is 41.7 Å². The van der Waals surface area contributed by atoms with Gasteiger partial charge < -0.3 is 14.2 Å². The Morgan fingerprint density at radius 1 is 1.15 bits per heavy atom. The molecule has 0 bridgehead atoms. The summed E-state index contributed by atoms with van der Waals surface area (Å²) in [5, 5.41) is 0. The summed E-state index contributed by atoms with van der Waals surface area (Å²) in [6.45, 7) is 1.79. The summed E-state index contributed by atoms with van der Waals surface area (Å²) in [7, 11) is 1.72. The summed E-state index contributed by atoms with van der Waals surface area (Å²) >= 11 is 0. The monoisotopic (exact) mass is 354 g/mol. The number of hydrogen-bond acceptors (Lipinski definition) is 3. The van der Waals surface area contributed by atoms with Gasteiger partial charge in [0.05, 0.1) is 6.10 Å². The highest BCUT2D eigenvalue weighted by Crippen LogP contribution is 2.24. The molecule has 1 aromatic heterocycles. The average molecular weight is 354 g/mol. The second-order valence-electron chi connectivity index (χ2n) is 6.83. The highest BCUT2D eigenvalue weighted by Gasteiger charge is 2.31. The number of hydrogen-bond donors (Lipinski definition) is 0. The predicted molar refractivity (Wildman–Crippen MR) is 101 cm³/mol. The second kappa shape index (κ2) is 8.81. The molecule has 2 heterocycles. The van der Waals surface area contributed by atoms with Gasteiger partial charge in [-0.1, -0.05) is 36.4 Å². The van der Waals surface area contributed by atoms with Gasteiger partial charge in [0, 0.05) is 45.4 Å². The van der Waals surface area contributed by atoms with Crippen molar-refractivity contribution in [3.05, 3.63) is 70.6 Å². The Morgan fingerprint density at radius 3 is 2.65 bits per heavy atom. The van der Waals surface area contributed by atoms with Crippen molar-refractivity contribution in [2.75, 3.05) is 20.2 Å². The molecule has 0 radical (unpaired) electrons. The molecule has 5 heteroatoms. The number of benzene rings is 1. The lowest BCUT2D eigenvalue weighted by atomic mass is 9.87. The first-order chi connectivity index (χ1) is 12.7. The van der Waals surface area contributed by atoms with E-state index in [0.717, 1.165) is 19.4 Å². The fourth-order valence-electron chi connectivity index (χ4n) is 3.63. The van der Waals surface area contributed by atoms with Crippen LogP contribution in [0.1, 0.15) is 18.4 Å². The second-order valence-corrected chi connectivity index (χ2v) is 6.83. The van der Waals surface area contributed by atoms with Crippen LogP contribution in [-0.2, 0) is 22.5 Å². The van der Waals surface area contributed by atoms with Crippen LogP contribution in [0.25, 0.3) is 0 Å². The Hall–Kier alpha value is -2.40. The third kappa shape index (κ3) is 4.61. The van der Waals surface area contributed by atoms with Crippen molar-refractivity contribution < 1.29 is 9.53 Å². The van der Waals surface area contributed by atoms with Crippen molar-refractivity contribution >= 4 is 5.91 Å². The number of aryl methyl sites for hydroxylation is 1. The van der Waals surface area contributed by atoms with E-state index in [1.54, 1.807) is 23.9 Å². The summed E-state index contributed by atoms with van der Waals surface area (Å²) in [5.74, 6) is 0.504. The Morgan fingerprint density at radius 2 is 1.92 bits per heavy atom. The summed E-state index contributed by atoms with van der Waals surface area (Å²) in [6.07, 6.45) is 4.02. The lowest BCUT2D eigenvalue weighted by molar-refractivity contribution is -0.136. The van der Waals surface area contributed by atoms with Gasteiger partial charge >= 0.3 is 0 Å². The number of likely N-dealkylation sites (tertiary alicyclic amines) is 1. The molecule has 0 aliphatic carbocycles. The number of methoxy groups -OCH3 is 1. The summed E-state index contributed by atoms with van der Waals surface area (Å²) in [6, 6.07) is 15.5. The highest BCUT2D eigenvalue weighted by atomic mass is 16.5. The largest absolute Gasteiger partial charge is 0.379 e. The lowest BCUT2D eigenvalue weighted by Crippen LogP contribution is -2.48. The van der Waals surface area contributed by atoms with E-state index >= 15 is 0 Å². The van der Waals surface area contributed by atoms with Crippen LogP contribution in [0.5, 0.6) is 0 Å².